The van der Waals surface area contributed by atoms with Gasteiger partial charge in [0.25, 0.3) is 0 Å². The molecule has 5 atom stereocenters. The lowest BCUT2D eigenvalue weighted by atomic mass is 10.0. The van der Waals surface area contributed by atoms with E-state index in [1.807, 2.05) is 30.3 Å². The van der Waals surface area contributed by atoms with E-state index < -0.39 is 18.1 Å². The Morgan fingerprint density at radius 3 is 2.47 bits per heavy atom. The number of unbranched alkanes of at least 4 members (excludes halogenated alkanes) is 5. The lowest BCUT2D eigenvalue weighted by Crippen LogP contribution is -2.55. The summed E-state index contributed by atoms with van der Waals surface area (Å²) in [6.07, 6.45) is 11.7. The number of likely N-dealkylation sites (tertiary alicyclic amines) is 1. The highest BCUT2D eigenvalue weighted by Crippen LogP contribution is 2.42. The Hall–Kier alpha value is -2.41. The van der Waals surface area contributed by atoms with Gasteiger partial charge in [-0.15, -0.1) is 0 Å². The fraction of sp³-hybridized carbons (Fsp3) is 0.710. The molecule has 2 fully saturated rings. The Morgan fingerprint density at radius 1 is 1.00 bits per heavy atom. The zero-order valence-electron chi connectivity index (χ0n) is 23.7. The Morgan fingerprint density at radius 2 is 1.74 bits per heavy atom. The average molecular weight is 529 g/mol. The lowest BCUT2D eigenvalue weighted by Gasteiger charge is -2.32. The molecule has 1 saturated heterocycles. The van der Waals surface area contributed by atoms with Gasteiger partial charge in [0.1, 0.15) is 12.1 Å². The molecule has 1 aromatic rings. The number of amides is 1. The van der Waals surface area contributed by atoms with Gasteiger partial charge in [-0.05, 0) is 63.9 Å². The van der Waals surface area contributed by atoms with Crippen molar-refractivity contribution < 1.29 is 23.9 Å². The smallest absolute Gasteiger partial charge is 0.328 e. The normalized spacial score (nSPS) is 22.1. The second-order valence-corrected chi connectivity index (χ2v) is 10.9. The van der Waals surface area contributed by atoms with Crippen molar-refractivity contribution in [2.75, 3.05) is 13.2 Å². The predicted molar refractivity (Wildman–Crippen MR) is 148 cm³/mol. The maximum Gasteiger partial charge on any atom is 0.328 e. The molecule has 212 valence electrons. The Labute approximate surface area is 229 Å². The van der Waals surface area contributed by atoms with Gasteiger partial charge in [-0.1, -0.05) is 75.8 Å². The van der Waals surface area contributed by atoms with Crippen LogP contribution in [0.15, 0.2) is 30.3 Å². The summed E-state index contributed by atoms with van der Waals surface area (Å²) in [5, 5.41) is 3.25. The fourth-order valence-electron chi connectivity index (χ4n) is 6.03. The molecule has 1 amide bonds. The monoisotopic (exact) mass is 528 g/mol. The first kappa shape index (κ1) is 30.1. The number of aryl methyl sites for hydroxylation is 1. The topological polar surface area (TPSA) is 84.9 Å². The molecule has 0 aromatic heterocycles. The first-order valence-corrected chi connectivity index (χ1v) is 14.9. The van der Waals surface area contributed by atoms with Gasteiger partial charge in [-0.3, -0.25) is 14.9 Å². The number of carbonyl (C=O) groups is 3. The number of benzene rings is 1. The molecule has 2 aliphatic rings. The van der Waals surface area contributed by atoms with Crippen molar-refractivity contribution in [3.05, 3.63) is 35.9 Å². The van der Waals surface area contributed by atoms with Crippen LogP contribution in [0.25, 0.3) is 0 Å². The van der Waals surface area contributed by atoms with Gasteiger partial charge in [0, 0.05) is 6.04 Å². The van der Waals surface area contributed by atoms with Gasteiger partial charge in [-0.2, -0.15) is 0 Å². The molecule has 1 heterocycles. The van der Waals surface area contributed by atoms with Gasteiger partial charge in [0.2, 0.25) is 5.91 Å². The molecule has 38 heavy (non-hydrogen) atoms. The third-order valence-electron chi connectivity index (χ3n) is 8.06. The average Bonchev–Trinajstić information content (AvgIpc) is 3.52. The van der Waals surface area contributed by atoms with E-state index in [1.165, 1.54) is 25.7 Å². The highest BCUT2D eigenvalue weighted by molar-refractivity contribution is 5.89. The molecule has 3 rings (SSSR count). The third-order valence-corrected chi connectivity index (χ3v) is 8.06. The lowest BCUT2D eigenvalue weighted by molar-refractivity contribution is -0.156. The molecule has 1 unspecified atom stereocenters. The molecule has 1 saturated carbocycles. The van der Waals surface area contributed by atoms with Gasteiger partial charge in [-0.25, -0.2) is 4.79 Å². The van der Waals surface area contributed by atoms with E-state index >= 15 is 0 Å². The molecule has 0 bridgehead atoms. The second-order valence-electron chi connectivity index (χ2n) is 10.9. The second kappa shape index (κ2) is 15.9. The van der Waals surface area contributed by atoms with Gasteiger partial charge < -0.3 is 14.4 Å². The van der Waals surface area contributed by atoms with Crippen LogP contribution in [0.5, 0.6) is 0 Å². The van der Waals surface area contributed by atoms with Crippen molar-refractivity contribution in [2.45, 2.75) is 122 Å². The zero-order valence-corrected chi connectivity index (χ0v) is 23.7. The number of esters is 2. The number of hydrogen-bond donors (Lipinski definition) is 1. The number of rotatable bonds is 16. The first-order valence-electron chi connectivity index (χ1n) is 14.9. The summed E-state index contributed by atoms with van der Waals surface area (Å²) in [5.74, 6) is -0.413. The quantitative estimate of drug-likeness (QED) is 0.234. The van der Waals surface area contributed by atoms with Crippen molar-refractivity contribution in [3.8, 4) is 0 Å². The van der Waals surface area contributed by atoms with E-state index in [4.69, 9.17) is 9.47 Å². The summed E-state index contributed by atoms with van der Waals surface area (Å²) in [6.45, 7) is 6.47. The van der Waals surface area contributed by atoms with Crippen LogP contribution in [0.4, 0.5) is 0 Å². The minimum atomic E-state index is -0.617. The van der Waals surface area contributed by atoms with Crippen LogP contribution in [0.1, 0.15) is 97.0 Å². The van der Waals surface area contributed by atoms with E-state index in [9.17, 15) is 14.4 Å². The molecule has 1 aromatic carbocycles. The van der Waals surface area contributed by atoms with Gasteiger partial charge in [0.15, 0.2) is 0 Å². The standard InChI is InChI=1S/C31H48N2O5/c1-4-6-7-8-9-13-21-38-31(36)28-22-25-17-14-18-27(25)33(28)29(34)23(3)32-26(30(35)37-5-2)20-19-24-15-11-10-12-16-24/h10-12,15-16,23,25-28,32H,4-9,13-14,17-22H2,1-3H3/t23-,25-,26?,27-,28-/m0/s1. The number of carbonyl (C=O) groups excluding carboxylic acids is 3. The van der Waals surface area contributed by atoms with Crippen molar-refractivity contribution in [1.29, 1.82) is 0 Å². The molecule has 0 radical (unpaired) electrons. The highest BCUT2D eigenvalue weighted by Gasteiger charge is 2.50. The fourth-order valence-corrected chi connectivity index (χ4v) is 6.03. The van der Waals surface area contributed by atoms with Crippen LogP contribution in [0.3, 0.4) is 0 Å². The third kappa shape index (κ3) is 8.55. The number of ether oxygens (including phenoxy) is 2. The van der Waals surface area contributed by atoms with Gasteiger partial charge in [0.05, 0.1) is 19.3 Å². The summed E-state index contributed by atoms with van der Waals surface area (Å²) in [4.78, 5) is 41.4. The van der Waals surface area contributed by atoms with E-state index in [-0.39, 0.29) is 30.5 Å². The summed E-state index contributed by atoms with van der Waals surface area (Å²) in [7, 11) is 0. The maximum absolute atomic E-state index is 13.8. The van der Waals surface area contributed by atoms with Crippen molar-refractivity contribution in [2.24, 2.45) is 5.92 Å². The van der Waals surface area contributed by atoms with Crippen LogP contribution < -0.4 is 5.32 Å². The molecule has 1 N–H and O–H groups in total. The number of nitrogens with one attached hydrogen (secondary N) is 1. The molecular weight excluding hydrogens is 480 g/mol. The summed E-state index contributed by atoms with van der Waals surface area (Å²) < 4.78 is 11.0. The molecule has 7 nitrogen and oxygen atoms in total. The SMILES string of the molecule is CCCCCCCCOC(=O)[C@@H]1C[C@@H]2CCC[C@@H]2N1C(=O)[C@H](C)NC(CCc1ccccc1)C(=O)OCC. The number of hydrogen-bond acceptors (Lipinski definition) is 6. The Bertz CT molecular complexity index is 876. The Kier molecular flexibility index (Phi) is 12.6. The molecule has 7 heteroatoms. The van der Waals surface area contributed by atoms with Crippen LogP contribution in [-0.2, 0) is 30.3 Å². The predicted octanol–water partition coefficient (Wildman–Crippen LogP) is 5.20. The minimum absolute atomic E-state index is 0.0729. The first-order chi connectivity index (χ1) is 18.5. The summed E-state index contributed by atoms with van der Waals surface area (Å²) >= 11 is 0. The maximum atomic E-state index is 13.8. The van der Waals surface area contributed by atoms with E-state index in [2.05, 4.69) is 12.2 Å². The summed E-state index contributed by atoms with van der Waals surface area (Å²) in [5.41, 5.74) is 1.13. The zero-order chi connectivity index (χ0) is 27.3. The molecular formula is C31H48N2O5. The van der Waals surface area contributed by atoms with Crippen LogP contribution in [-0.4, -0.2) is 60.1 Å². The number of nitrogens with zero attached hydrogens (tertiary/aromatic N) is 1. The molecule has 1 aliphatic heterocycles. The summed E-state index contributed by atoms with van der Waals surface area (Å²) in [6, 6.07) is 8.30. The van der Waals surface area contributed by atoms with Crippen LogP contribution in [0, 0.1) is 5.92 Å². The largest absolute Gasteiger partial charge is 0.465 e. The van der Waals surface area contributed by atoms with Crippen LogP contribution >= 0.6 is 0 Å². The van der Waals surface area contributed by atoms with Gasteiger partial charge >= 0.3 is 11.9 Å². The van der Waals surface area contributed by atoms with E-state index in [0.717, 1.165) is 37.7 Å². The Balaban J connectivity index is 1.60. The van der Waals surface area contributed by atoms with Crippen molar-refractivity contribution >= 4 is 17.8 Å². The van der Waals surface area contributed by atoms with Crippen molar-refractivity contribution in [1.82, 2.24) is 10.2 Å². The van der Waals surface area contributed by atoms with Crippen LogP contribution in [0.2, 0.25) is 0 Å². The van der Waals surface area contributed by atoms with E-state index in [1.54, 1.807) is 18.7 Å². The highest BCUT2D eigenvalue weighted by atomic mass is 16.5. The van der Waals surface area contributed by atoms with Crippen molar-refractivity contribution in [3.63, 3.8) is 0 Å². The molecule has 1 aliphatic carbocycles. The number of fused-ring (bicyclic) bond motifs is 1. The molecule has 0 spiro atoms. The minimum Gasteiger partial charge on any atom is -0.465 e. The van der Waals surface area contributed by atoms with E-state index in [0.29, 0.717) is 31.8 Å².